The standard InChI is InChI=1S/C24H28N4O4/c1-31-20-10-6-16(7-11-20)22-13-21(32-27-22)14-26-24(30)17-4-8-19(9-5-17)28-12-2-3-18(15-28)23(25)29/h4-11,18,21H,2-3,12-15H2,1H3,(H2,25,29)(H,26,30). The number of anilines is 1. The van der Waals surface area contributed by atoms with E-state index in [1.807, 2.05) is 36.4 Å². The lowest BCUT2D eigenvalue weighted by Gasteiger charge is -2.33. The number of nitrogens with two attached hydrogens (primary N) is 1. The average molecular weight is 437 g/mol. The lowest BCUT2D eigenvalue weighted by Crippen LogP contribution is -2.41. The fourth-order valence-corrected chi connectivity index (χ4v) is 4.07. The van der Waals surface area contributed by atoms with Crippen molar-refractivity contribution in [1.29, 1.82) is 0 Å². The largest absolute Gasteiger partial charge is 0.497 e. The number of nitrogens with one attached hydrogen (secondary N) is 1. The van der Waals surface area contributed by atoms with Crippen molar-refractivity contribution in [3.8, 4) is 5.75 Å². The van der Waals surface area contributed by atoms with Crippen LogP contribution in [0, 0.1) is 5.92 Å². The molecule has 0 bridgehead atoms. The maximum atomic E-state index is 12.6. The Kier molecular flexibility index (Phi) is 6.58. The van der Waals surface area contributed by atoms with Crippen LogP contribution in [-0.2, 0) is 9.63 Å². The molecule has 2 amide bonds. The summed E-state index contributed by atoms with van der Waals surface area (Å²) in [6.07, 6.45) is 2.19. The normalized spacial score (nSPS) is 20.3. The highest BCUT2D eigenvalue weighted by Gasteiger charge is 2.25. The molecule has 0 spiro atoms. The summed E-state index contributed by atoms with van der Waals surface area (Å²) in [7, 11) is 1.63. The van der Waals surface area contributed by atoms with E-state index in [-0.39, 0.29) is 23.8 Å². The summed E-state index contributed by atoms with van der Waals surface area (Å²) in [5, 5.41) is 7.08. The average Bonchev–Trinajstić information content (AvgIpc) is 3.32. The summed E-state index contributed by atoms with van der Waals surface area (Å²) in [5.41, 5.74) is 8.87. The van der Waals surface area contributed by atoms with Crippen molar-refractivity contribution >= 4 is 23.2 Å². The molecule has 3 N–H and O–H groups in total. The van der Waals surface area contributed by atoms with Crippen molar-refractivity contribution in [3.05, 3.63) is 59.7 Å². The SMILES string of the molecule is COc1ccc(C2=NOC(CNC(=O)c3ccc(N4CCCC(C(N)=O)C4)cc3)C2)cc1. The number of benzene rings is 2. The highest BCUT2D eigenvalue weighted by Crippen LogP contribution is 2.24. The molecule has 1 fully saturated rings. The van der Waals surface area contributed by atoms with E-state index in [1.165, 1.54) is 0 Å². The third kappa shape index (κ3) is 5.01. The molecule has 0 radical (unpaired) electrons. The maximum Gasteiger partial charge on any atom is 0.251 e. The lowest BCUT2D eigenvalue weighted by atomic mass is 9.97. The van der Waals surface area contributed by atoms with Crippen molar-refractivity contribution in [1.82, 2.24) is 5.32 Å². The number of primary amides is 1. The minimum absolute atomic E-state index is 0.122. The Bertz CT molecular complexity index is 988. The van der Waals surface area contributed by atoms with Gasteiger partial charge in [-0.1, -0.05) is 5.16 Å². The van der Waals surface area contributed by atoms with Crippen LogP contribution in [0.4, 0.5) is 5.69 Å². The van der Waals surface area contributed by atoms with Gasteiger partial charge in [0.2, 0.25) is 5.91 Å². The van der Waals surface area contributed by atoms with Gasteiger partial charge in [0.05, 0.1) is 25.3 Å². The highest BCUT2D eigenvalue weighted by atomic mass is 16.6. The second-order valence-corrected chi connectivity index (χ2v) is 8.14. The number of hydrogen-bond donors (Lipinski definition) is 2. The number of oxime groups is 1. The Morgan fingerprint density at radius 1 is 1.19 bits per heavy atom. The van der Waals surface area contributed by atoms with E-state index in [0.29, 0.717) is 25.1 Å². The first-order valence-corrected chi connectivity index (χ1v) is 10.8. The molecule has 168 valence electrons. The van der Waals surface area contributed by atoms with E-state index in [1.54, 1.807) is 19.2 Å². The molecule has 32 heavy (non-hydrogen) atoms. The van der Waals surface area contributed by atoms with Crippen LogP contribution in [0.2, 0.25) is 0 Å². The first kappa shape index (κ1) is 21.7. The van der Waals surface area contributed by atoms with E-state index < -0.39 is 0 Å². The zero-order chi connectivity index (χ0) is 22.5. The molecule has 2 aromatic carbocycles. The van der Waals surface area contributed by atoms with Crippen LogP contribution in [-0.4, -0.2) is 50.4 Å². The lowest BCUT2D eigenvalue weighted by molar-refractivity contribution is -0.122. The Morgan fingerprint density at radius 3 is 2.62 bits per heavy atom. The van der Waals surface area contributed by atoms with E-state index in [0.717, 1.165) is 42.1 Å². The second kappa shape index (κ2) is 9.72. The number of rotatable bonds is 7. The van der Waals surface area contributed by atoms with Crippen LogP contribution in [0.3, 0.4) is 0 Å². The van der Waals surface area contributed by atoms with Crippen molar-refractivity contribution in [2.45, 2.75) is 25.4 Å². The number of amides is 2. The second-order valence-electron chi connectivity index (χ2n) is 8.14. The van der Waals surface area contributed by atoms with Crippen LogP contribution >= 0.6 is 0 Å². The summed E-state index contributed by atoms with van der Waals surface area (Å²) in [6, 6.07) is 15.1. The molecule has 2 aliphatic heterocycles. The van der Waals surface area contributed by atoms with Gasteiger partial charge in [0.1, 0.15) is 11.9 Å². The monoisotopic (exact) mass is 436 g/mol. The molecule has 2 aromatic rings. The van der Waals surface area contributed by atoms with Gasteiger partial charge in [0, 0.05) is 30.8 Å². The first-order chi connectivity index (χ1) is 15.5. The van der Waals surface area contributed by atoms with Gasteiger partial charge >= 0.3 is 0 Å². The van der Waals surface area contributed by atoms with E-state index in [4.69, 9.17) is 15.3 Å². The fourth-order valence-electron chi connectivity index (χ4n) is 4.07. The number of carbonyl (C=O) groups is 2. The smallest absolute Gasteiger partial charge is 0.251 e. The molecule has 2 atom stereocenters. The van der Waals surface area contributed by atoms with Crippen molar-refractivity contribution < 1.29 is 19.2 Å². The van der Waals surface area contributed by atoms with Crippen LogP contribution in [0.1, 0.15) is 35.2 Å². The summed E-state index contributed by atoms with van der Waals surface area (Å²) < 4.78 is 5.18. The van der Waals surface area contributed by atoms with Gasteiger partial charge in [0.25, 0.3) is 5.91 Å². The number of carbonyl (C=O) groups excluding carboxylic acids is 2. The molecule has 0 aliphatic carbocycles. The van der Waals surface area contributed by atoms with Gasteiger partial charge in [0.15, 0.2) is 0 Å². The van der Waals surface area contributed by atoms with Crippen LogP contribution in [0.5, 0.6) is 5.75 Å². The Hall–Kier alpha value is -3.55. The number of piperidine rings is 1. The summed E-state index contributed by atoms with van der Waals surface area (Å²) >= 11 is 0. The molecule has 0 aromatic heterocycles. The molecule has 2 unspecified atom stereocenters. The van der Waals surface area contributed by atoms with Crippen molar-refractivity contribution in [3.63, 3.8) is 0 Å². The number of nitrogens with zero attached hydrogens (tertiary/aromatic N) is 2. The third-order valence-electron chi connectivity index (χ3n) is 5.96. The van der Waals surface area contributed by atoms with Gasteiger partial charge in [-0.15, -0.1) is 0 Å². The minimum atomic E-state index is -0.251. The molecule has 1 saturated heterocycles. The molecule has 8 nitrogen and oxygen atoms in total. The van der Waals surface area contributed by atoms with E-state index in [9.17, 15) is 9.59 Å². The van der Waals surface area contributed by atoms with Gasteiger partial charge in [-0.3, -0.25) is 9.59 Å². The number of methoxy groups -OCH3 is 1. The molecule has 4 rings (SSSR count). The van der Waals surface area contributed by atoms with Crippen molar-refractivity contribution in [2.24, 2.45) is 16.8 Å². The van der Waals surface area contributed by atoms with E-state index in [2.05, 4.69) is 15.4 Å². The number of ether oxygens (including phenoxy) is 1. The third-order valence-corrected chi connectivity index (χ3v) is 5.96. The van der Waals surface area contributed by atoms with Gasteiger partial charge in [-0.05, 0) is 66.9 Å². The molecule has 8 heteroatoms. The van der Waals surface area contributed by atoms with E-state index >= 15 is 0 Å². The Balaban J connectivity index is 1.27. The molecular weight excluding hydrogens is 408 g/mol. The topological polar surface area (TPSA) is 106 Å². The summed E-state index contributed by atoms with van der Waals surface area (Å²) in [4.78, 5) is 31.7. The predicted octanol–water partition coefficient (Wildman–Crippen LogP) is 2.32. The van der Waals surface area contributed by atoms with Gasteiger partial charge in [-0.2, -0.15) is 0 Å². The molecular formula is C24H28N4O4. The van der Waals surface area contributed by atoms with Crippen LogP contribution in [0.25, 0.3) is 0 Å². The van der Waals surface area contributed by atoms with Crippen LogP contribution in [0.15, 0.2) is 53.7 Å². The predicted molar refractivity (Wildman–Crippen MR) is 122 cm³/mol. The quantitative estimate of drug-likeness (QED) is 0.693. The van der Waals surface area contributed by atoms with Gasteiger partial charge in [-0.25, -0.2) is 0 Å². The first-order valence-electron chi connectivity index (χ1n) is 10.8. The zero-order valence-electron chi connectivity index (χ0n) is 18.1. The highest BCUT2D eigenvalue weighted by molar-refractivity contribution is 6.01. The summed E-state index contributed by atoms with van der Waals surface area (Å²) in [5.74, 6) is 0.255. The zero-order valence-corrected chi connectivity index (χ0v) is 18.1. The Morgan fingerprint density at radius 2 is 1.94 bits per heavy atom. The maximum absolute atomic E-state index is 12.6. The minimum Gasteiger partial charge on any atom is -0.497 e. The summed E-state index contributed by atoms with van der Waals surface area (Å²) in [6.45, 7) is 1.87. The molecule has 2 aliphatic rings. The van der Waals surface area contributed by atoms with Gasteiger partial charge < -0.3 is 25.5 Å². The molecule has 0 saturated carbocycles. The Labute approximate surface area is 187 Å². The van der Waals surface area contributed by atoms with Crippen LogP contribution < -0.4 is 20.7 Å². The number of hydrogen-bond acceptors (Lipinski definition) is 6. The molecule has 2 heterocycles. The fraction of sp³-hybridized carbons (Fsp3) is 0.375. The van der Waals surface area contributed by atoms with Crippen molar-refractivity contribution in [2.75, 3.05) is 31.6 Å².